The predicted molar refractivity (Wildman–Crippen MR) is 78.9 cm³/mol. The van der Waals surface area contributed by atoms with Gasteiger partial charge in [0.25, 0.3) is 0 Å². The van der Waals surface area contributed by atoms with Gasteiger partial charge in [-0.1, -0.05) is 30.3 Å². The van der Waals surface area contributed by atoms with Crippen LogP contribution >= 0.6 is 11.8 Å². The molecule has 3 rings (SSSR count). The average molecular weight is 276 g/mol. The van der Waals surface area contributed by atoms with Gasteiger partial charge in [0.1, 0.15) is 0 Å². The van der Waals surface area contributed by atoms with E-state index in [0.29, 0.717) is 0 Å². The van der Waals surface area contributed by atoms with Gasteiger partial charge in [-0.2, -0.15) is 0 Å². The molecule has 0 bridgehead atoms. The number of likely N-dealkylation sites (tertiary alicyclic amines) is 1. The summed E-state index contributed by atoms with van der Waals surface area (Å²) >= 11 is 2.03. The van der Waals surface area contributed by atoms with Gasteiger partial charge >= 0.3 is 0 Å². The summed E-state index contributed by atoms with van der Waals surface area (Å²) in [7, 11) is 0. The number of hydrogen-bond donors (Lipinski definition) is 0. The van der Waals surface area contributed by atoms with E-state index >= 15 is 0 Å². The molecule has 1 spiro atoms. The molecule has 0 saturated carbocycles. The van der Waals surface area contributed by atoms with Gasteiger partial charge < -0.3 is 4.90 Å². The first-order chi connectivity index (χ1) is 9.20. The van der Waals surface area contributed by atoms with Crippen molar-refractivity contribution in [1.82, 2.24) is 9.80 Å². The Morgan fingerprint density at radius 1 is 1.32 bits per heavy atom. The molecule has 1 aromatic carbocycles. The lowest BCUT2D eigenvalue weighted by molar-refractivity contribution is -0.128. The van der Waals surface area contributed by atoms with E-state index in [2.05, 4.69) is 35.2 Å². The standard InChI is InChI=1S/C15H20N2OS/c1-13(18)16-8-7-15(12-16)17(9-10-19-15)11-14-5-3-2-4-6-14/h2-6H,7-12H2,1H3. The summed E-state index contributed by atoms with van der Waals surface area (Å²) in [6, 6.07) is 10.6. The van der Waals surface area contributed by atoms with Gasteiger partial charge in [0.05, 0.1) is 4.87 Å². The number of benzene rings is 1. The number of carbonyl (C=O) groups excluding carboxylic acids is 1. The van der Waals surface area contributed by atoms with Crippen LogP contribution in [0.1, 0.15) is 18.9 Å². The molecule has 3 nitrogen and oxygen atoms in total. The van der Waals surface area contributed by atoms with Gasteiger partial charge in [-0.25, -0.2) is 0 Å². The molecule has 102 valence electrons. The molecule has 0 N–H and O–H groups in total. The normalized spacial score (nSPS) is 27.3. The third-order valence-corrected chi connectivity index (χ3v) is 5.70. The highest BCUT2D eigenvalue weighted by Crippen LogP contribution is 2.43. The maximum atomic E-state index is 11.5. The summed E-state index contributed by atoms with van der Waals surface area (Å²) in [4.78, 5) is 16.3. The zero-order valence-electron chi connectivity index (χ0n) is 11.3. The van der Waals surface area contributed by atoms with Crippen molar-refractivity contribution in [2.75, 3.05) is 25.4 Å². The van der Waals surface area contributed by atoms with Crippen molar-refractivity contribution < 1.29 is 4.79 Å². The van der Waals surface area contributed by atoms with E-state index < -0.39 is 0 Å². The van der Waals surface area contributed by atoms with Crippen LogP contribution in [0.25, 0.3) is 0 Å². The number of thioether (sulfide) groups is 1. The molecule has 2 aliphatic heterocycles. The number of rotatable bonds is 2. The summed E-state index contributed by atoms with van der Waals surface area (Å²) in [6.45, 7) is 5.61. The SMILES string of the molecule is CC(=O)N1CCC2(C1)SCCN2Cc1ccccc1. The lowest BCUT2D eigenvalue weighted by Crippen LogP contribution is -2.44. The highest BCUT2D eigenvalue weighted by Gasteiger charge is 2.47. The van der Waals surface area contributed by atoms with Crippen LogP contribution < -0.4 is 0 Å². The first-order valence-corrected chi connectivity index (χ1v) is 7.87. The second-order valence-corrected chi connectivity index (χ2v) is 6.85. The minimum atomic E-state index is 0.168. The maximum absolute atomic E-state index is 11.5. The Morgan fingerprint density at radius 3 is 2.79 bits per heavy atom. The molecule has 1 amide bonds. The first-order valence-electron chi connectivity index (χ1n) is 6.88. The van der Waals surface area contributed by atoms with Crippen molar-refractivity contribution in [2.45, 2.75) is 24.8 Å². The molecule has 19 heavy (non-hydrogen) atoms. The van der Waals surface area contributed by atoms with Gasteiger partial charge in [-0.15, -0.1) is 11.8 Å². The van der Waals surface area contributed by atoms with Gasteiger partial charge in [0, 0.05) is 38.9 Å². The Bertz CT molecular complexity index is 464. The third-order valence-electron chi connectivity index (χ3n) is 4.18. The number of hydrogen-bond acceptors (Lipinski definition) is 3. The number of carbonyl (C=O) groups is 1. The zero-order chi connectivity index (χ0) is 13.3. The molecule has 0 aliphatic carbocycles. The monoisotopic (exact) mass is 276 g/mol. The van der Waals surface area contributed by atoms with Crippen LogP contribution in [0, 0.1) is 0 Å². The summed E-state index contributed by atoms with van der Waals surface area (Å²) in [6.07, 6.45) is 1.10. The van der Waals surface area contributed by atoms with E-state index in [-0.39, 0.29) is 10.8 Å². The largest absolute Gasteiger partial charge is 0.340 e. The van der Waals surface area contributed by atoms with Crippen molar-refractivity contribution in [3.63, 3.8) is 0 Å². The Balaban J connectivity index is 1.73. The molecular formula is C15H20N2OS. The fraction of sp³-hybridized carbons (Fsp3) is 0.533. The van der Waals surface area contributed by atoms with Crippen molar-refractivity contribution in [1.29, 1.82) is 0 Å². The summed E-state index contributed by atoms with van der Waals surface area (Å²) < 4.78 is 0. The third kappa shape index (κ3) is 2.51. The number of nitrogens with zero attached hydrogens (tertiary/aromatic N) is 2. The number of amides is 1. The highest BCUT2D eigenvalue weighted by atomic mass is 32.2. The van der Waals surface area contributed by atoms with Crippen LogP contribution in [0.15, 0.2) is 30.3 Å². The van der Waals surface area contributed by atoms with Crippen LogP contribution in [0.5, 0.6) is 0 Å². The fourth-order valence-electron chi connectivity index (χ4n) is 3.08. The van der Waals surface area contributed by atoms with Gasteiger partial charge in [-0.05, 0) is 12.0 Å². The van der Waals surface area contributed by atoms with E-state index in [1.54, 1.807) is 6.92 Å². The quantitative estimate of drug-likeness (QED) is 0.827. The molecule has 2 saturated heterocycles. The van der Waals surface area contributed by atoms with Gasteiger partial charge in [0.2, 0.25) is 5.91 Å². The van der Waals surface area contributed by atoms with Crippen molar-refractivity contribution in [3.8, 4) is 0 Å². The molecule has 1 atom stereocenters. The Hall–Kier alpha value is -1.00. The van der Waals surface area contributed by atoms with Crippen LogP contribution in [-0.4, -0.2) is 46.0 Å². The molecule has 0 radical (unpaired) electrons. The fourth-order valence-corrected chi connectivity index (χ4v) is 4.59. The Labute approximate surface area is 119 Å². The molecule has 1 aromatic rings. The summed E-state index contributed by atoms with van der Waals surface area (Å²) in [5.41, 5.74) is 1.37. The topological polar surface area (TPSA) is 23.6 Å². The smallest absolute Gasteiger partial charge is 0.219 e. The van der Waals surface area contributed by atoms with E-state index in [9.17, 15) is 4.79 Å². The Morgan fingerprint density at radius 2 is 2.11 bits per heavy atom. The second-order valence-electron chi connectivity index (χ2n) is 5.39. The molecule has 2 fully saturated rings. The van der Waals surface area contributed by atoms with E-state index in [4.69, 9.17) is 0 Å². The molecular weight excluding hydrogens is 256 g/mol. The van der Waals surface area contributed by atoms with E-state index in [0.717, 1.165) is 32.6 Å². The van der Waals surface area contributed by atoms with Gasteiger partial charge in [-0.3, -0.25) is 9.69 Å². The van der Waals surface area contributed by atoms with E-state index in [1.807, 2.05) is 16.7 Å². The lowest BCUT2D eigenvalue weighted by atomic mass is 10.1. The van der Waals surface area contributed by atoms with Crippen molar-refractivity contribution in [3.05, 3.63) is 35.9 Å². The zero-order valence-corrected chi connectivity index (χ0v) is 12.2. The van der Waals surface area contributed by atoms with Crippen LogP contribution in [0.2, 0.25) is 0 Å². The summed E-state index contributed by atoms with van der Waals surface area (Å²) in [5, 5.41) is 0. The minimum Gasteiger partial charge on any atom is -0.340 e. The predicted octanol–water partition coefficient (Wildman–Crippen LogP) is 2.18. The summed E-state index contributed by atoms with van der Waals surface area (Å²) in [5.74, 6) is 1.39. The van der Waals surface area contributed by atoms with Crippen molar-refractivity contribution >= 4 is 17.7 Å². The molecule has 4 heteroatoms. The molecule has 0 aromatic heterocycles. The minimum absolute atomic E-state index is 0.168. The van der Waals surface area contributed by atoms with Gasteiger partial charge in [0.15, 0.2) is 0 Å². The molecule has 2 aliphatic rings. The van der Waals surface area contributed by atoms with Crippen molar-refractivity contribution in [2.24, 2.45) is 0 Å². The highest BCUT2D eigenvalue weighted by molar-refractivity contribution is 8.00. The first kappa shape index (κ1) is 13.0. The average Bonchev–Trinajstić information content (AvgIpc) is 3.00. The molecule has 1 unspecified atom stereocenters. The van der Waals surface area contributed by atoms with Crippen LogP contribution in [0.3, 0.4) is 0 Å². The second kappa shape index (κ2) is 5.17. The van der Waals surface area contributed by atoms with Crippen LogP contribution in [0.4, 0.5) is 0 Å². The molecule has 2 heterocycles. The van der Waals surface area contributed by atoms with E-state index in [1.165, 1.54) is 11.3 Å². The maximum Gasteiger partial charge on any atom is 0.219 e. The van der Waals surface area contributed by atoms with Crippen LogP contribution in [-0.2, 0) is 11.3 Å². The lowest BCUT2D eigenvalue weighted by Gasteiger charge is -2.34. The Kier molecular flexibility index (Phi) is 3.54.